The number of hydrogen-bond acceptors (Lipinski definition) is 8. The van der Waals surface area contributed by atoms with Gasteiger partial charge in [0.25, 0.3) is 11.5 Å². The minimum Gasteiger partial charge on any atom is -0.493 e. The van der Waals surface area contributed by atoms with Gasteiger partial charge in [-0.15, -0.1) is 0 Å². The molecule has 0 bridgehead atoms. The number of amides is 1. The Morgan fingerprint density at radius 2 is 1.80 bits per heavy atom. The summed E-state index contributed by atoms with van der Waals surface area (Å²) in [5.41, 5.74) is 2.84. The molecule has 1 amide bonds. The number of aromatic nitrogens is 1. The highest BCUT2D eigenvalue weighted by atomic mass is 32.2. The van der Waals surface area contributed by atoms with E-state index in [4.69, 9.17) is 21.7 Å². The molecule has 8 nitrogen and oxygen atoms in total. The van der Waals surface area contributed by atoms with Crippen molar-refractivity contribution in [2.45, 2.75) is 33.4 Å². The standard InChI is InChI=1S/C30H30N4O4S2/c1-5-33-27(32-18-21-9-7-6-8-10-21)22(19(2)23(17-31)28(33)35)16-26-29(36)34(30(39)40-26)14-13-20-11-12-24(37-3)25(15-20)38-4/h6-12,15-16,32H,5,13-14,18H2,1-4H3/b26-16+. The number of nitrogens with one attached hydrogen (secondary N) is 1. The molecule has 1 fully saturated rings. The number of carbonyl (C=O) groups excluding carboxylic acids is 1. The fourth-order valence-electron chi connectivity index (χ4n) is 4.54. The van der Waals surface area contributed by atoms with Gasteiger partial charge in [0.05, 0.1) is 19.1 Å². The predicted molar refractivity (Wildman–Crippen MR) is 163 cm³/mol. The Bertz CT molecular complexity index is 1580. The zero-order valence-corrected chi connectivity index (χ0v) is 24.4. The summed E-state index contributed by atoms with van der Waals surface area (Å²) >= 11 is 6.79. The number of anilines is 1. The van der Waals surface area contributed by atoms with Crippen molar-refractivity contribution < 1.29 is 14.3 Å². The number of thioether (sulfide) groups is 1. The first-order chi connectivity index (χ1) is 19.3. The molecule has 0 unspecified atom stereocenters. The largest absolute Gasteiger partial charge is 0.493 e. The van der Waals surface area contributed by atoms with Crippen molar-refractivity contribution in [1.82, 2.24) is 9.47 Å². The van der Waals surface area contributed by atoms with Crippen LogP contribution >= 0.6 is 24.0 Å². The lowest BCUT2D eigenvalue weighted by molar-refractivity contribution is -0.122. The van der Waals surface area contributed by atoms with Crippen LogP contribution in [0.3, 0.4) is 0 Å². The number of rotatable bonds is 10. The van der Waals surface area contributed by atoms with Gasteiger partial charge in [-0.25, -0.2) is 0 Å². The Labute approximate surface area is 243 Å². The van der Waals surface area contributed by atoms with Gasteiger partial charge >= 0.3 is 0 Å². The molecule has 10 heteroatoms. The van der Waals surface area contributed by atoms with Crippen LogP contribution in [0.4, 0.5) is 5.82 Å². The van der Waals surface area contributed by atoms with Gasteiger partial charge in [-0.3, -0.25) is 19.1 Å². The van der Waals surface area contributed by atoms with Gasteiger partial charge in [-0.1, -0.05) is 60.4 Å². The fraction of sp³-hybridized carbons (Fsp3) is 0.267. The Morgan fingerprint density at radius 3 is 2.45 bits per heavy atom. The van der Waals surface area contributed by atoms with E-state index in [2.05, 4.69) is 11.4 Å². The summed E-state index contributed by atoms with van der Waals surface area (Å²) in [5.74, 6) is 1.60. The van der Waals surface area contributed by atoms with Crippen LogP contribution in [-0.4, -0.2) is 40.5 Å². The zero-order chi connectivity index (χ0) is 28.8. The Morgan fingerprint density at radius 1 is 1.07 bits per heavy atom. The molecular formula is C30H30N4O4S2. The Balaban J connectivity index is 1.66. The second-order valence-electron chi connectivity index (χ2n) is 9.04. The molecule has 0 atom stereocenters. The van der Waals surface area contributed by atoms with Gasteiger partial charge in [0, 0.05) is 25.2 Å². The van der Waals surface area contributed by atoms with E-state index in [1.165, 1.54) is 16.3 Å². The van der Waals surface area contributed by atoms with Crippen LogP contribution in [0.1, 0.15) is 34.7 Å². The van der Waals surface area contributed by atoms with Crippen molar-refractivity contribution in [3.63, 3.8) is 0 Å². The summed E-state index contributed by atoms with van der Waals surface area (Å²) in [6, 6.07) is 17.5. The van der Waals surface area contributed by atoms with Crippen LogP contribution in [-0.2, 0) is 24.3 Å². The molecule has 0 aliphatic carbocycles. The van der Waals surface area contributed by atoms with Crippen LogP contribution < -0.4 is 20.3 Å². The number of methoxy groups -OCH3 is 2. The van der Waals surface area contributed by atoms with Crippen LogP contribution in [0.2, 0.25) is 0 Å². The van der Waals surface area contributed by atoms with Crippen molar-refractivity contribution in [1.29, 1.82) is 5.26 Å². The summed E-state index contributed by atoms with van der Waals surface area (Å²) in [6.07, 6.45) is 2.31. The highest BCUT2D eigenvalue weighted by Gasteiger charge is 2.32. The van der Waals surface area contributed by atoms with Crippen LogP contribution in [0.5, 0.6) is 11.5 Å². The third kappa shape index (κ3) is 5.91. The number of pyridine rings is 1. The first-order valence-electron chi connectivity index (χ1n) is 12.7. The maximum absolute atomic E-state index is 13.5. The minimum absolute atomic E-state index is 0.0577. The molecule has 0 radical (unpaired) electrons. The molecule has 40 heavy (non-hydrogen) atoms. The zero-order valence-electron chi connectivity index (χ0n) is 22.8. The van der Waals surface area contributed by atoms with Gasteiger partial charge in [-0.2, -0.15) is 5.26 Å². The van der Waals surface area contributed by atoms with Gasteiger partial charge in [0.2, 0.25) is 0 Å². The number of thiocarbonyl (C=S) groups is 1. The number of benzene rings is 2. The molecule has 0 saturated carbocycles. The average Bonchev–Trinajstić information content (AvgIpc) is 3.24. The summed E-state index contributed by atoms with van der Waals surface area (Å²) in [6.45, 7) is 4.81. The molecule has 2 heterocycles. The average molecular weight is 575 g/mol. The van der Waals surface area contributed by atoms with Gasteiger partial charge < -0.3 is 14.8 Å². The summed E-state index contributed by atoms with van der Waals surface area (Å²) in [4.78, 5) is 28.6. The minimum atomic E-state index is -0.363. The number of carbonyl (C=O) groups is 1. The van der Waals surface area contributed by atoms with Crippen LogP contribution in [0, 0.1) is 18.3 Å². The molecular weight excluding hydrogens is 544 g/mol. The predicted octanol–water partition coefficient (Wildman–Crippen LogP) is 5.12. The van der Waals surface area contributed by atoms with Gasteiger partial charge in [0.1, 0.15) is 21.8 Å². The molecule has 1 aromatic heterocycles. The molecule has 2 aromatic carbocycles. The molecule has 1 aliphatic heterocycles. The quantitative estimate of drug-likeness (QED) is 0.263. The fourth-order valence-corrected chi connectivity index (χ4v) is 5.83. The number of nitriles is 1. The van der Waals surface area contributed by atoms with E-state index in [1.54, 1.807) is 32.1 Å². The maximum Gasteiger partial charge on any atom is 0.270 e. The first kappa shape index (κ1) is 28.9. The lowest BCUT2D eigenvalue weighted by Gasteiger charge is -2.19. The van der Waals surface area contributed by atoms with Crippen molar-refractivity contribution >= 4 is 46.1 Å². The van der Waals surface area contributed by atoms with E-state index in [-0.39, 0.29) is 17.0 Å². The third-order valence-corrected chi connectivity index (χ3v) is 8.09. The molecule has 1 saturated heterocycles. The number of hydrogen-bond donors (Lipinski definition) is 1. The van der Waals surface area contributed by atoms with E-state index in [1.807, 2.05) is 55.5 Å². The molecule has 0 spiro atoms. The van der Waals surface area contributed by atoms with E-state index in [0.717, 1.165) is 11.1 Å². The van der Waals surface area contributed by atoms with E-state index in [9.17, 15) is 14.9 Å². The van der Waals surface area contributed by atoms with Crippen molar-refractivity contribution in [2.24, 2.45) is 0 Å². The first-order valence-corrected chi connectivity index (χ1v) is 14.0. The van der Waals surface area contributed by atoms with Crippen LogP contribution in [0.25, 0.3) is 6.08 Å². The van der Waals surface area contributed by atoms with Gasteiger partial charge in [0.15, 0.2) is 11.5 Å². The second-order valence-corrected chi connectivity index (χ2v) is 10.7. The number of nitrogens with zero attached hydrogens (tertiary/aromatic N) is 3. The molecule has 3 aromatic rings. The lowest BCUT2D eigenvalue weighted by Crippen LogP contribution is -2.30. The normalized spacial score (nSPS) is 14.0. The summed E-state index contributed by atoms with van der Waals surface area (Å²) in [7, 11) is 3.17. The third-order valence-electron chi connectivity index (χ3n) is 6.71. The van der Waals surface area contributed by atoms with E-state index < -0.39 is 0 Å². The topological polar surface area (TPSA) is 96.6 Å². The Hall–Kier alpha value is -4.07. The molecule has 1 aliphatic rings. The van der Waals surface area contributed by atoms with Gasteiger partial charge in [-0.05, 0) is 55.2 Å². The second kappa shape index (κ2) is 12.9. The molecule has 206 valence electrons. The van der Waals surface area contributed by atoms with E-state index >= 15 is 0 Å². The maximum atomic E-state index is 13.5. The molecule has 1 N–H and O–H groups in total. The summed E-state index contributed by atoms with van der Waals surface area (Å²) < 4.78 is 12.7. The van der Waals surface area contributed by atoms with Crippen LogP contribution in [0.15, 0.2) is 58.2 Å². The summed E-state index contributed by atoms with van der Waals surface area (Å²) in [5, 5.41) is 13.1. The highest BCUT2D eigenvalue weighted by molar-refractivity contribution is 8.26. The molecule has 4 rings (SSSR count). The SMILES string of the molecule is CCn1c(NCc2ccccc2)c(/C=C2/SC(=S)N(CCc3ccc(OC)c(OC)c3)C2=O)c(C)c(C#N)c1=O. The monoisotopic (exact) mass is 574 g/mol. The lowest BCUT2D eigenvalue weighted by atomic mass is 10.0. The van der Waals surface area contributed by atoms with Crippen molar-refractivity contribution in [3.05, 3.63) is 91.6 Å². The highest BCUT2D eigenvalue weighted by Crippen LogP contribution is 2.35. The van der Waals surface area contributed by atoms with Crippen molar-refractivity contribution in [3.8, 4) is 17.6 Å². The number of ether oxygens (including phenoxy) is 2. The van der Waals surface area contributed by atoms with E-state index in [0.29, 0.717) is 63.7 Å². The smallest absolute Gasteiger partial charge is 0.270 e. The van der Waals surface area contributed by atoms with Crippen molar-refractivity contribution in [2.75, 3.05) is 26.1 Å². The Kier molecular flexibility index (Phi) is 9.30.